The van der Waals surface area contributed by atoms with Crippen LogP contribution in [0.3, 0.4) is 0 Å². The van der Waals surface area contributed by atoms with Crippen LogP contribution in [0.4, 0.5) is 0 Å². The molecule has 9 heteroatoms. The van der Waals surface area contributed by atoms with Gasteiger partial charge in [0.1, 0.15) is 5.75 Å². The zero-order chi connectivity index (χ0) is 27.3. The molecular formula is C29H33N3O5S. The zero-order valence-electron chi connectivity index (χ0n) is 21.8. The molecule has 38 heavy (non-hydrogen) atoms. The van der Waals surface area contributed by atoms with E-state index in [0.29, 0.717) is 24.3 Å². The minimum Gasteiger partial charge on any atom is -0.493 e. The molecule has 0 radical (unpaired) electrons. The van der Waals surface area contributed by atoms with E-state index in [0.717, 1.165) is 38.3 Å². The van der Waals surface area contributed by atoms with E-state index in [2.05, 4.69) is 10.3 Å². The molecule has 3 N–H and O–H groups in total. The normalized spacial score (nSPS) is 12.6. The summed E-state index contributed by atoms with van der Waals surface area (Å²) in [4.78, 5) is 16.9. The molecule has 0 fully saturated rings. The molecule has 0 saturated carbocycles. The van der Waals surface area contributed by atoms with Gasteiger partial charge in [0.2, 0.25) is 10.0 Å². The number of nitrogens with zero attached hydrogens (tertiary/aromatic N) is 1. The standard InChI is InChI=1S/C29H33N3O5S/c1-4-15-37-28-14-11-21(20-9-12-24(13-10-20)38(35,36)32(2)3)17-26(28)29(34)31-23(19-33)16-22-18-30-27-8-6-5-7-25(22)27/h5-14,17-18,23,30,33H,4,15-16,19H2,1-3H3,(H,31,34)/t23-/m0/s1. The van der Waals surface area contributed by atoms with E-state index in [9.17, 15) is 18.3 Å². The van der Waals surface area contributed by atoms with Crippen LogP contribution in [0.5, 0.6) is 5.75 Å². The van der Waals surface area contributed by atoms with Gasteiger partial charge in [-0.15, -0.1) is 0 Å². The average Bonchev–Trinajstić information content (AvgIpc) is 3.34. The van der Waals surface area contributed by atoms with Crippen molar-refractivity contribution in [2.45, 2.75) is 30.7 Å². The summed E-state index contributed by atoms with van der Waals surface area (Å²) in [7, 11) is -0.568. The number of fused-ring (bicyclic) bond motifs is 1. The van der Waals surface area contributed by atoms with Crippen molar-refractivity contribution in [2.24, 2.45) is 0 Å². The maximum Gasteiger partial charge on any atom is 0.255 e. The Kier molecular flexibility index (Phi) is 8.51. The van der Waals surface area contributed by atoms with Crippen LogP contribution in [0, 0.1) is 0 Å². The molecule has 0 bridgehead atoms. The maximum atomic E-state index is 13.4. The topological polar surface area (TPSA) is 112 Å². The van der Waals surface area contributed by atoms with Crippen LogP contribution in [-0.2, 0) is 16.4 Å². The fourth-order valence-corrected chi connectivity index (χ4v) is 5.15. The van der Waals surface area contributed by atoms with E-state index in [1.165, 1.54) is 14.1 Å². The van der Waals surface area contributed by atoms with Gasteiger partial charge in [-0.3, -0.25) is 4.79 Å². The number of rotatable bonds is 11. The number of sulfonamides is 1. The molecule has 4 rings (SSSR count). The number of carbonyl (C=O) groups is 1. The van der Waals surface area contributed by atoms with Crippen molar-refractivity contribution in [3.05, 3.63) is 84.1 Å². The lowest BCUT2D eigenvalue weighted by Gasteiger charge is -2.18. The first-order valence-electron chi connectivity index (χ1n) is 12.5. The van der Waals surface area contributed by atoms with Crippen LogP contribution in [0.15, 0.2) is 77.8 Å². The van der Waals surface area contributed by atoms with Crippen molar-refractivity contribution >= 4 is 26.8 Å². The largest absolute Gasteiger partial charge is 0.493 e. The fourth-order valence-electron chi connectivity index (χ4n) is 4.25. The molecule has 200 valence electrons. The lowest BCUT2D eigenvalue weighted by atomic mass is 10.0. The molecule has 0 aliphatic heterocycles. The third-order valence-corrected chi connectivity index (χ3v) is 8.18. The predicted molar refractivity (Wildman–Crippen MR) is 149 cm³/mol. The smallest absolute Gasteiger partial charge is 0.255 e. The number of aromatic amines is 1. The first-order chi connectivity index (χ1) is 18.2. The Morgan fingerprint density at radius 1 is 1.05 bits per heavy atom. The Morgan fingerprint density at radius 3 is 2.45 bits per heavy atom. The quantitative estimate of drug-likeness (QED) is 0.266. The molecule has 4 aromatic rings. The third kappa shape index (κ3) is 5.91. The van der Waals surface area contributed by atoms with Crippen LogP contribution in [0.25, 0.3) is 22.0 Å². The highest BCUT2D eigenvalue weighted by atomic mass is 32.2. The van der Waals surface area contributed by atoms with Gasteiger partial charge in [-0.05, 0) is 59.9 Å². The third-order valence-electron chi connectivity index (χ3n) is 6.35. The summed E-state index contributed by atoms with van der Waals surface area (Å²) in [6, 6.07) is 19.2. The van der Waals surface area contributed by atoms with Crippen LogP contribution >= 0.6 is 0 Å². The molecule has 1 aromatic heterocycles. The second-order valence-electron chi connectivity index (χ2n) is 9.29. The van der Waals surface area contributed by atoms with Crippen molar-refractivity contribution in [3.63, 3.8) is 0 Å². The molecule has 0 aliphatic carbocycles. The van der Waals surface area contributed by atoms with Gasteiger partial charge in [0.15, 0.2) is 0 Å². The highest BCUT2D eigenvalue weighted by molar-refractivity contribution is 7.89. The van der Waals surface area contributed by atoms with E-state index in [1.54, 1.807) is 36.4 Å². The van der Waals surface area contributed by atoms with Gasteiger partial charge in [-0.2, -0.15) is 0 Å². The molecule has 1 atom stereocenters. The monoisotopic (exact) mass is 535 g/mol. The number of para-hydroxylation sites is 1. The van der Waals surface area contributed by atoms with Crippen molar-refractivity contribution in [3.8, 4) is 16.9 Å². The second kappa shape index (κ2) is 11.8. The van der Waals surface area contributed by atoms with Crippen LogP contribution in [-0.4, -0.2) is 62.1 Å². The number of aliphatic hydroxyl groups excluding tert-OH is 1. The summed E-state index contributed by atoms with van der Waals surface area (Å²) in [5.74, 6) is 0.0901. The number of aliphatic hydroxyl groups is 1. The first kappa shape index (κ1) is 27.4. The number of ether oxygens (including phenoxy) is 1. The van der Waals surface area contributed by atoms with Crippen LogP contribution in [0.1, 0.15) is 29.3 Å². The highest BCUT2D eigenvalue weighted by Gasteiger charge is 2.21. The van der Waals surface area contributed by atoms with Gasteiger partial charge in [-0.1, -0.05) is 43.3 Å². The number of carbonyl (C=O) groups excluding carboxylic acids is 1. The Bertz CT molecular complexity index is 1510. The number of hydrogen-bond donors (Lipinski definition) is 3. The highest BCUT2D eigenvalue weighted by Crippen LogP contribution is 2.29. The number of hydrogen-bond acceptors (Lipinski definition) is 5. The van der Waals surface area contributed by atoms with E-state index in [4.69, 9.17) is 4.74 Å². The van der Waals surface area contributed by atoms with E-state index in [1.807, 2.05) is 43.5 Å². The molecular weight excluding hydrogens is 502 g/mol. The van der Waals surface area contributed by atoms with Crippen molar-refractivity contribution in [2.75, 3.05) is 27.3 Å². The van der Waals surface area contributed by atoms with Gasteiger partial charge in [-0.25, -0.2) is 12.7 Å². The summed E-state index contributed by atoms with van der Waals surface area (Å²) >= 11 is 0. The van der Waals surface area contributed by atoms with E-state index < -0.39 is 16.1 Å². The maximum absolute atomic E-state index is 13.4. The summed E-state index contributed by atoms with van der Waals surface area (Å²) in [5, 5.41) is 14.1. The predicted octanol–water partition coefficient (Wildman–Crippen LogP) is 4.21. The second-order valence-corrected chi connectivity index (χ2v) is 11.4. The Labute approximate surface area is 223 Å². The Hall–Kier alpha value is -3.66. The van der Waals surface area contributed by atoms with Gasteiger partial charge < -0.3 is 20.1 Å². The number of amides is 1. The number of aromatic nitrogens is 1. The lowest BCUT2D eigenvalue weighted by Crippen LogP contribution is -2.39. The number of benzene rings is 3. The Morgan fingerprint density at radius 2 is 1.76 bits per heavy atom. The SMILES string of the molecule is CCCOc1ccc(-c2ccc(S(=O)(=O)N(C)C)cc2)cc1C(=O)N[C@H](CO)Cc1c[nH]c2ccccc12. The summed E-state index contributed by atoms with van der Waals surface area (Å²) in [6.07, 6.45) is 3.14. The van der Waals surface area contributed by atoms with Gasteiger partial charge in [0, 0.05) is 31.2 Å². The Balaban J connectivity index is 1.60. The van der Waals surface area contributed by atoms with Gasteiger partial charge in [0.05, 0.1) is 29.7 Å². The summed E-state index contributed by atoms with van der Waals surface area (Å²) in [6.45, 7) is 2.22. The molecule has 1 amide bonds. The molecule has 0 aliphatic rings. The molecule has 1 heterocycles. The zero-order valence-corrected chi connectivity index (χ0v) is 22.6. The fraction of sp³-hybridized carbons (Fsp3) is 0.276. The van der Waals surface area contributed by atoms with Crippen LogP contribution in [0.2, 0.25) is 0 Å². The van der Waals surface area contributed by atoms with Crippen molar-refractivity contribution in [1.82, 2.24) is 14.6 Å². The lowest BCUT2D eigenvalue weighted by molar-refractivity contribution is 0.0912. The average molecular weight is 536 g/mol. The number of H-pyrrole nitrogens is 1. The first-order valence-corrected chi connectivity index (χ1v) is 13.9. The summed E-state index contributed by atoms with van der Waals surface area (Å²) in [5.41, 5.74) is 3.85. The van der Waals surface area contributed by atoms with Gasteiger partial charge >= 0.3 is 0 Å². The summed E-state index contributed by atoms with van der Waals surface area (Å²) < 4.78 is 31.9. The molecule has 0 unspecified atom stereocenters. The molecule has 0 saturated heterocycles. The molecule has 3 aromatic carbocycles. The number of nitrogens with one attached hydrogen (secondary N) is 2. The van der Waals surface area contributed by atoms with Crippen molar-refractivity contribution < 1.29 is 23.1 Å². The molecule has 0 spiro atoms. The van der Waals surface area contributed by atoms with E-state index >= 15 is 0 Å². The minimum absolute atomic E-state index is 0.190. The minimum atomic E-state index is -3.54. The van der Waals surface area contributed by atoms with Crippen LogP contribution < -0.4 is 10.1 Å². The van der Waals surface area contributed by atoms with Crippen molar-refractivity contribution in [1.29, 1.82) is 0 Å². The van der Waals surface area contributed by atoms with Gasteiger partial charge in [0.25, 0.3) is 5.91 Å². The van der Waals surface area contributed by atoms with E-state index in [-0.39, 0.29) is 17.4 Å². The molecule has 8 nitrogen and oxygen atoms in total.